The Morgan fingerprint density at radius 2 is 1.86 bits per heavy atom. The Bertz CT molecular complexity index is 980. The molecule has 4 rings (SSSR count). The van der Waals surface area contributed by atoms with Crippen LogP contribution in [-0.4, -0.2) is 48.2 Å². The first-order chi connectivity index (χ1) is 13.6. The van der Waals surface area contributed by atoms with Crippen LogP contribution in [0.3, 0.4) is 0 Å². The van der Waals surface area contributed by atoms with Gasteiger partial charge in [0.05, 0.1) is 17.8 Å². The largest absolute Gasteiger partial charge is 0.492 e. The Morgan fingerprint density at radius 3 is 2.57 bits per heavy atom. The van der Waals surface area contributed by atoms with Gasteiger partial charge in [-0.3, -0.25) is 4.79 Å². The number of nitrogens with zero attached hydrogens (tertiary/aromatic N) is 3. The Hall–Kier alpha value is -2.89. The van der Waals surface area contributed by atoms with Gasteiger partial charge < -0.3 is 23.5 Å². The van der Waals surface area contributed by atoms with Crippen molar-refractivity contribution in [1.82, 2.24) is 9.47 Å². The topological polar surface area (TPSA) is 50.9 Å². The molecule has 6 nitrogen and oxygen atoms in total. The Kier molecular flexibility index (Phi) is 5.03. The minimum Gasteiger partial charge on any atom is -0.492 e. The highest BCUT2D eigenvalue weighted by atomic mass is 16.5. The van der Waals surface area contributed by atoms with Crippen molar-refractivity contribution in [2.75, 3.05) is 37.7 Å². The number of benzene rings is 1. The van der Waals surface area contributed by atoms with Crippen molar-refractivity contribution in [2.24, 2.45) is 0 Å². The van der Waals surface area contributed by atoms with Crippen LogP contribution in [0.25, 0.3) is 11.1 Å². The molecule has 3 aromatic rings. The summed E-state index contributed by atoms with van der Waals surface area (Å²) in [5.41, 5.74) is 3.58. The number of aromatic nitrogens is 1. The molecule has 1 amide bonds. The van der Waals surface area contributed by atoms with Gasteiger partial charge in [-0.2, -0.15) is 0 Å². The summed E-state index contributed by atoms with van der Waals surface area (Å²) in [6.07, 6.45) is 0. The molecule has 0 bridgehead atoms. The molecule has 0 saturated carbocycles. The third-order valence-electron chi connectivity index (χ3n) is 5.32. The summed E-state index contributed by atoms with van der Waals surface area (Å²) in [5, 5.41) is 0. The van der Waals surface area contributed by atoms with E-state index in [0.717, 1.165) is 47.9 Å². The minimum absolute atomic E-state index is 0.0728. The van der Waals surface area contributed by atoms with Crippen molar-refractivity contribution in [2.45, 2.75) is 27.3 Å². The lowest BCUT2D eigenvalue weighted by molar-refractivity contribution is 0.0736. The molecule has 1 saturated heterocycles. The van der Waals surface area contributed by atoms with Crippen LogP contribution >= 0.6 is 0 Å². The molecular weight excluding hydrogens is 354 g/mol. The number of aryl methyl sites for hydroxylation is 2. The number of hydrogen-bond donors (Lipinski definition) is 0. The molecule has 1 fully saturated rings. The predicted molar refractivity (Wildman–Crippen MR) is 110 cm³/mol. The molecule has 0 aliphatic carbocycles. The predicted octanol–water partition coefficient (Wildman–Crippen LogP) is 3.92. The van der Waals surface area contributed by atoms with Crippen LogP contribution in [0.2, 0.25) is 0 Å². The maximum atomic E-state index is 13.2. The monoisotopic (exact) mass is 381 g/mol. The number of ether oxygens (including phenoxy) is 1. The summed E-state index contributed by atoms with van der Waals surface area (Å²) in [6, 6.07) is 12.0. The maximum absolute atomic E-state index is 13.2. The summed E-state index contributed by atoms with van der Waals surface area (Å²) in [4.78, 5) is 17.4. The van der Waals surface area contributed by atoms with Crippen LogP contribution in [0.1, 0.15) is 30.1 Å². The molecule has 1 aliphatic heterocycles. The van der Waals surface area contributed by atoms with Gasteiger partial charge >= 0.3 is 0 Å². The first kappa shape index (κ1) is 18.5. The van der Waals surface area contributed by atoms with E-state index >= 15 is 0 Å². The van der Waals surface area contributed by atoms with Crippen LogP contribution in [0.4, 0.5) is 5.69 Å². The average Bonchev–Trinajstić information content (AvgIpc) is 3.24. The van der Waals surface area contributed by atoms with Crippen molar-refractivity contribution in [1.29, 1.82) is 0 Å². The lowest BCUT2D eigenvalue weighted by Gasteiger charge is -2.36. The Morgan fingerprint density at radius 1 is 1.11 bits per heavy atom. The molecule has 3 heterocycles. The van der Waals surface area contributed by atoms with Gasteiger partial charge in [0.2, 0.25) is 0 Å². The summed E-state index contributed by atoms with van der Waals surface area (Å²) in [5.74, 6) is 1.84. The number of carbonyl (C=O) groups is 1. The average molecular weight is 381 g/mol. The Labute approximate surface area is 165 Å². The number of fused-ring (bicyclic) bond motifs is 1. The molecule has 2 aromatic heterocycles. The number of hydrogen-bond acceptors (Lipinski definition) is 4. The van der Waals surface area contributed by atoms with E-state index in [2.05, 4.69) is 17.9 Å². The van der Waals surface area contributed by atoms with Gasteiger partial charge in [0, 0.05) is 44.9 Å². The molecule has 0 radical (unpaired) electrons. The smallest absolute Gasteiger partial charge is 0.270 e. The van der Waals surface area contributed by atoms with Crippen molar-refractivity contribution < 1.29 is 13.9 Å². The van der Waals surface area contributed by atoms with Gasteiger partial charge in [0.1, 0.15) is 17.2 Å². The van der Waals surface area contributed by atoms with E-state index in [4.69, 9.17) is 9.15 Å². The molecular formula is C22H27N3O3. The van der Waals surface area contributed by atoms with Crippen LogP contribution in [0, 0.1) is 6.92 Å². The quantitative estimate of drug-likeness (QED) is 0.672. The van der Waals surface area contributed by atoms with Crippen LogP contribution < -0.4 is 9.64 Å². The zero-order valence-electron chi connectivity index (χ0n) is 16.8. The van der Waals surface area contributed by atoms with Gasteiger partial charge in [-0.15, -0.1) is 0 Å². The minimum atomic E-state index is 0.0728. The van der Waals surface area contributed by atoms with E-state index in [1.807, 2.05) is 53.6 Å². The van der Waals surface area contributed by atoms with E-state index in [0.29, 0.717) is 25.4 Å². The first-order valence-electron chi connectivity index (χ1n) is 9.98. The van der Waals surface area contributed by atoms with Crippen LogP contribution in [-0.2, 0) is 6.54 Å². The highest BCUT2D eigenvalue weighted by molar-refractivity contribution is 5.97. The molecule has 0 spiro atoms. The number of para-hydroxylation sites is 2. The van der Waals surface area contributed by atoms with Gasteiger partial charge in [-0.25, -0.2) is 0 Å². The number of rotatable bonds is 5. The fourth-order valence-corrected chi connectivity index (χ4v) is 3.99. The second-order valence-corrected chi connectivity index (χ2v) is 7.06. The molecule has 0 N–H and O–H groups in total. The second-order valence-electron chi connectivity index (χ2n) is 7.06. The normalized spacial score (nSPS) is 14.7. The zero-order valence-corrected chi connectivity index (χ0v) is 16.8. The molecule has 0 atom stereocenters. The standard InChI is InChI=1S/C22H27N3O3/c1-4-25-18-14-16(3)28-21(18)15-19(25)22(26)24-12-10-23(11-13-24)17-8-6-7-9-20(17)27-5-2/h6-9,14-15H,4-5,10-13H2,1-3H3. The Balaban J connectivity index is 1.50. The molecule has 1 aromatic carbocycles. The van der Waals surface area contributed by atoms with Gasteiger partial charge in [0.25, 0.3) is 5.91 Å². The van der Waals surface area contributed by atoms with E-state index < -0.39 is 0 Å². The van der Waals surface area contributed by atoms with E-state index in [1.54, 1.807) is 0 Å². The molecule has 28 heavy (non-hydrogen) atoms. The molecule has 148 valence electrons. The van der Waals surface area contributed by atoms with Crippen molar-refractivity contribution >= 4 is 22.7 Å². The van der Waals surface area contributed by atoms with Crippen molar-refractivity contribution in [3.8, 4) is 5.75 Å². The third-order valence-corrected chi connectivity index (χ3v) is 5.32. The maximum Gasteiger partial charge on any atom is 0.270 e. The van der Waals surface area contributed by atoms with Crippen LogP contribution in [0.15, 0.2) is 40.8 Å². The first-order valence-corrected chi connectivity index (χ1v) is 9.98. The van der Waals surface area contributed by atoms with Gasteiger partial charge in [-0.05, 0) is 32.9 Å². The number of furan rings is 1. The number of carbonyl (C=O) groups excluding carboxylic acids is 1. The zero-order chi connectivity index (χ0) is 19.7. The fourth-order valence-electron chi connectivity index (χ4n) is 3.99. The second kappa shape index (κ2) is 7.62. The highest BCUT2D eigenvalue weighted by Crippen LogP contribution is 2.29. The summed E-state index contributed by atoms with van der Waals surface area (Å²) < 4.78 is 13.5. The van der Waals surface area contributed by atoms with Crippen molar-refractivity contribution in [3.63, 3.8) is 0 Å². The molecule has 1 aliphatic rings. The van der Waals surface area contributed by atoms with E-state index in [-0.39, 0.29) is 5.91 Å². The molecule has 6 heteroatoms. The molecule has 0 unspecified atom stereocenters. The summed E-state index contributed by atoms with van der Waals surface area (Å²) in [6.45, 7) is 10.3. The summed E-state index contributed by atoms with van der Waals surface area (Å²) in [7, 11) is 0. The highest BCUT2D eigenvalue weighted by Gasteiger charge is 2.27. The van der Waals surface area contributed by atoms with Gasteiger partial charge in [-0.1, -0.05) is 12.1 Å². The van der Waals surface area contributed by atoms with E-state index in [9.17, 15) is 4.79 Å². The van der Waals surface area contributed by atoms with E-state index in [1.165, 1.54) is 0 Å². The number of anilines is 1. The van der Waals surface area contributed by atoms with Crippen molar-refractivity contribution in [3.05, 3.63) is 47.9 Å². The third kappa shape index (κ3) is 3.23. The fraction of sp³-hybridized carbons (Fsp3) is 0.409. The van der Waals surface area contributed by atoms with Crippen LogP contribution in [0.5, 0.6) is 5.75 Å². The summed E-state index contributed by atoms with van der Waals surface area (Å²) >= 11 is 0. The SMILES string of the molecule is CCOc1ccccc1N1CCN(C(=O)c2cc3oc(C)cc3n2CC)CC1. The number of piperazine rings is 1. The van der Waals surface area contributed by atoms with Gasteiger partial charge in [0.15, 0.2) is 5.58 Å². The number of amides is 1. The lowest BCUT2D eigenvalue weighted by Crippen LogP contribution is -2.49. The lowest BCUT2D eigenvalue weighted by atomic mass is 10.2.